The highest BCUT2D eigenvalue weighted by atomic mass is 33.1. The molecular weight excluding hydrogens is 476 g/mol. The molecule has 0 fully saturated rings. The zero-order chi connectivity index (χ0) is 22.9. The Kier molecular flexibility index (Phi) is 6.76. The number of hydrogen-bond donors (Lipinski definition) is 6. The first-order valence-electron chi connectivity index (χ1n) is 7.35. The summed E-state index contributed by atoms with van der Waals surface area (Å²) in [6.45, 7) is 0. The average molecular weight is 489 g/mol. The van der Waals surface area contributed by atoms with E-state index in [0.29, 0.717) is 44.3 Å². The smallest absolute Gasteiger partial charge is 0.260 e. The molecule has 0 aromatic carbocycles. The van der Waals surface area contributed by atoms with Gasteiger partial charge in [-0.1, -0.05) is 0 Å². The van der Waals surface area contributed by atoms with Gasteiger partial charge in [0.1, 0.15) is 19.5 Å². The molecule has 0 bridgehead atoms. The van der Waals surface area contributed by atoms with Gasteiger partial charge in [0.25, 0.3) is 35.4 Å². The number of thiophene rings is 2. The largest absolute Gasteiger partial charge is 0.366 e. The van der Waals surface area contributed by atoms with Crippen molar-refractivity contribution in [1.82, 2.24) is 0 Å². The molecule has 16 heteroatoms. The maximum absolute atomic E-state index is 11.9. The number of carbonyl (C=O) groups excluding carboxylic acids is 6. The number of nitrogens with two attached hydrogens (primary N) is 6. The highest BCUT2D eigenvalue weighted by molar-refractivity contribution is 8.76. The summed E-state index contributed by atoms with van der Waals surface area (Å²) < 4.78 is 0. The zero-order valence-electron chi connectivity index (χ0n) is 14.5. The lowest BCUT2D eigenvalue weighted by atomic mass is 10.2. The molecule has 6 amide bonds. The van der Waals surface area contributed by atoms with Gasteiger partial charge in [0, 0.05) is 0 Å². The van der Waals surface area contributed by atoms with Gasteiger partial charge in [-0.15, -0.1) is 22.7 Å². The Bertz CT molecular complexity index is 1050. The monoisotopic (exact) mass is 488 g/mol. The molecule has 2 heterocycles. The van der Waals surface area contributed by atoms with E-state index >= 15 is 0 Å². The Labute approximate surface area is 183 Å². The van der Waals surface area contributed by atoms with Crippen LogP contribution in [0.5, 0.6) is 0 Å². The molecule has 12 nitrogen and oxygen atoms in total. The van der Waals surface area contributed by atoms with Gasteiger partial charge in [0.15, 0.2) is 0 Å². The number of amides is 6. The van der Waals surface area contributed by atoms with Crippen LogP contribution in [0, 0.1) is 0 Å². The molecule has 158 valence electrons. The second-order valence-corrected chi connectivity index (χ2v) is 9.47. The van der Waals surface area contributed by atoms with E-state index in [0.717, 1.165) is 0 Å². The second kappa shape index (κ2) is 8.74. The zero-order valence-corrected chi connectivity index (χ0v) is 17.8. The molecule has 0 spiro atoms. The number of primary amides is 6. The van der Waals surface area contributed by atoms with Crippen LogP contribution in [0.25, 0.3) is 0 Å². The van der Waals surface area contributed by atoms with Crippen molar-refractivity contribution in [1.29, 1.82) is 0 Å². The van der Waals surface area contributed by atoms with E-state index in [-0.39, 0.29) is 40.4 Å². The summed E-state index contributed by atoms with van der Waals surface area (Å²) in [4.78, 5) is 69.4. The van der Waals surface area contributed by atoms with Crippen molar-refractivity contribution in [2.24, 2.45) is 34.4 Å². The van der Waals surface area contributed by atoms with Gasteiger partial charge in [-0.2, -0.15) is 0 Å². The van der Waals surface area contributed by atoms with E-state index in [9.17, 15) is 28.8 Å². The van der Waals surface area contributed by atoms with Crippen LogP contribution in [0.1, 0.15) is 59.4 Å². The first kappa shape index (κ1) is 23.2. The predicted octanol–water partition coefficient (Wildman–Crippen LogP) is -0.798. The standard InChI is InChI=1S/C14H12N6O6S4/c15-9(21)1-3(7(13(19)25)27-5(1)11(17)23)29-30-4-2(10(16)22)6(12(18)24)28-8(4)14(20)26/h(H2,15,21)(H2,16,22)(H2,17,23)(H2,18,24)(H2,19,25)(H2,20,26). The highest BCUT2D eigenvalue weighted by Crippen LogP contribution is 2.48. The van der Waals surface area contributed by atoms with Crippen LogP contribution in [-0.2, 0) is 0 Å². The molecule has 0 saturated carbocycles. The maximum atomic E-state index is 11.9. The van der Waals surface area contributed by atoms with Crippen molar-refractivity contribution in [3.05, 3.63) is 30.6 Å². The third-order valence-corrected chi connectivity index (χ3v) is 8.50. The van der Waals surface area contributed by atoms with Crippen LogP contribution in [0.2, 0.25) is 0 Å². The molecule has 0 saturated heterocycles. The van der Waals surface area contributed by atoms with E-state index in [2.05, 4.69) is 0 Å². The normalized spacial score (nSPS) is 10.5. The quantitative estimate of drug-likeness (QED) is 0.243. The van der Waals surface area contributed by atoms with E-state index in [4.69, 9.17) is 34.4 Å². The Balaban J connectivity index is 2.67. The van der Waals surface area contributed by atoms with Gasteiger partial charge < -0.3 is 34.4 Å². The predicted molar refractivity (Wildman–Crippen MR) is 111 cm³/mol. The van der Waals surface area contributed by atoms with Gasteiger partial charge in [0.05, 0.1) is 20.9 Å². The van der Waals surface area contributed by atoms with Crippen LogP contribution in [0.3, 0.4) is 0 Å². The van der Waals surface area contributed by atoms with Crippen molar-refractivity contribution < 1.29 is 28.8 Å². The molecule has 2 aromatic heterocycles. The molecule has 0 unspecified atom stereocenters. The van der Waals surface area contributed by atoms with Gasteiger partial charge in [0.2, 0.25) is 0 Å². The summed E-state index contributed by atoms with van der Waals surface area (Å²) in [5.74, 6) is -6.13. The minimum absolute atomic E-state index is 0.114. The third-order valence-electron chi connectivity index (χ3n) is 3.33. The van der Waals surface area contributed by atoms with E-state index < -0.39 is 35.4 Å². The van der Waals surface area contributed by atoms with Gasteiger partial charge in [-0.05, 0) is 21.6 Å². The molecule has 0 atom stereocenters. The second-order valence-electron chi connectivity index (χ2n) is 5.28. The molecule has 12 N–H and O–H groups in total. The van der Waals surface area contributed by atoms with Gasteiger partial charge >= 0.3 is 0 Å². The number of rotatable bonds is 9. The van der Waals surface area contributed by atoms with Crippen LogP contribution in [-0.4, -0.2) is 35.4 Å². The SMILES string of the molecule is NC(=O)c1sc(C(N)=O)c(C(N)=O)c1SSc1c(C(N)=O)sc(C(N)=O)c1C(N)=O. The highest BCUT2D eigenvalue weighted by Gasteiger charge is 2.31. The van der Waals surface area contributed by atoms with E-state index in [1.165, 1.54) is 0 Å². The molecular formula is C14H12N6O6S4. The van der Waals surface area contributed by atoms with Gasteiger partial charge in [-0.3, -0.25) is 28.8 Å². The van der Waals surface area contributed by atoms with E-state index in [1.54, 1.807) is 0 Å². The fourth-order valence-electron chi connectivity index (χ4n) is 2.19. The van der Waals surface area contributed by atoms with Crippen LogP contribution < -0.4 is 34.4 Å². The minimum atomic E-state index is -1.07. The molecule has 0 aliphatic rings. The number of hydrogen-bond acceptors (Lipinski definition) is 10. The molecule has 30 heavy (non-hydrogen) atoms. The van der Waals surface area contributed by atoms with Crippen molar-refractivity contribution in [2.45, 2.75) is 9.79 Å². The Morgan fingerprint density at radius 2 is 0.733 bits per heavy atom. The number of carbonyl (C=O) groups is 6. The third kappa shape index (κ3) is 4.25. The Hall–Kier alpha value is -3.08. The Morgan fingerprint density at radius 3 is 0.933 bits per heavy atom. The fraction of sp³-hybridized carbons (Fsp3) is 0. The maximum Gasteiger partial charge on any atom is 0.260 e. The lowest BCUT2D eigenvalue weighted by molar-refractivity contribution is 0.0967. The fourth-order valence-corrected chi connectivity index (χ4v) is 7.54. The molecule has 2 aromatic rings. The summed E-state index contributed by atoms with van der Waals surface area (Å²) >= 11 is 1.12. The van der Waals surface area contributed by atoms with Crippen LogP contribution >= 0.6 is 44.3 Å². The first-order valence-corrected chi connectivity index (χ1v) is 11.1. The van der Waals surface area contributed by atoms with Crippen LogP contribution in [0.4, 0.5) is 0 Å². The Morgan fingerprint density at radius 1 is 0.467 bits per heavy atom. The lowest BCUT2D eigenvalue weighted by Gasteiger charge is -2.06. The summed E-state index contributed by atoms with van der Waals surface area (Å²) in [5.41, 5.74) is 31.0. The summed E-state index contributed by atoms with van der Waals surface area (Å²) in [5, 5.41) is 0. The first-order chi connectivity index (χ1) is 13.9. The molecule has 2 rings (SSSR count). The van der Waals surface area contributed by atoms with Crippen LogP contribution in [0.15, 0.2) is 9.79 Å². The molecule has 0 radical (unpaired) electrons. The van der Waals surface area contributed by atoms with Crippen molar-refractivity contribution >= 4 is 79.7 Å². The minimum Gasteiger partial charge on any atom is -0.366 e. The summed E-state index contributed by atoms with van der Waals surface area (Å²) in [6, 6.07) is 0. The lowest BCUT2D eigenvalue weighted by Crippen LogP contribution is -2.19. The molecule has 0 aliphatic heterocycles. The molecule has 0 aliphatic carbocycles. The van der Waals surface area contributed by atoms with Crippen molar-refractivity contribution in [3.63, 3.8) is 0 Å². The summed E-state index contributed by atoms with van der Waals surface area (Å²) in [6.07, 6.45) is 0. The summed E-state index contributed by atoms with van der Waals surface area (Å²) in [7, 11) is 1.33. The van der Waals surface area contributed by atoms with Crippen molar-refractivity contribution in [2.75, 3.05) is 0 Å². The topological polar surface area (TPSA) is 259 Å². The average Bonchev–Trinajstić information content (AvgIpc) is 3.18. The van der Waals surface area contributed by atoms with Gasteiger partial charge in [-0.25, -0.2) is 0 Å². The van der Waals surface area contributed by atoms with E-state index in [1.807, 2.05) is 0 Å². The van der Waals surface area contributed by atoms with Crippen molar-refractivity contribution in [3.8, 4) is 0 Å².